The molecule has 0 bridgehead atoms. The first-order chi connectivity index (χ1) is 13.3. The largest absolute Gasteiger partial charge is 0.416 e. The van der Waals surface area contributed by atoms with Gasteiger partial charge in [0.2, 0.25) is 5.91 Å². The van der Waals surface area contributed by atoms with Gasteiger partial charge in [-0.2, -0.15) is 13.2 Å². The zero-order chi connectivity index (χ0) is 20.1. The number of piperidine rings is 1. The lowest BCUT2D eigenvalue weighted by Crippen LogP contribution is -2.43. The van der Waals surface area contributed by atoms with Gasteiger partial charge in [-0.05, 0) is 42.7 Å². The smallest absolute Gasteiger partial charge is 0.352 e. The first-order valence-corrected chi connectivity index (χ1v) is 8.98. The summed E-state index contributed by atoms with van der Waals surface area (Å²) < 4.78 is 38.5. The molecule has 2 aromatic rings. The fourth-order valence-corrected chi connectivity index (χ4v) is 3.19. The maximum absolute atomic E-state index is 12.8. The Morgan fingerprint density at radius 3 is 2.54 bits per heavy atom. The molecule has 1 aliphatic rings. The summed E-state index contributed by atoms with van der Waals surface area (Å²) >= 11 is 0. The molecule has 1 N–H and O–H groups in total. The number of nitrogens with one attached hydrogen (secondary N) is 1. The fraction of sp³-hybridized carbons (Fsp3) is 0.350. The average molecular weight is 391 g/mol. The summed E-state index contributed by atoms with van der Waals surface area (Å²) in [5.41, 5.74) is 0.0605. The molecule has 0 aliphatic carbocycles. The Morgan fingerprint density at radius 2 is 1.89 bits per heavy atom. The lowest BCUT2D eigenvalue weighted by molar-refractivity contribution is -0.137. The zero-order valence-corrected chi connectivity index (χ0v) is 15.1. The molecule has 2 amide bonds. The van der Waals surface area contributed by atoms with Crippen LogP contribution in [-0.4, -0.2) is 34.8 Å². The number of pyridine rings is 1. The standard InChI is InChI=1S/C20H20F3N3O2/c21-20(22,23)17-5-1-4-16(11-17)19(28)26-9-6-15(7-10-26)18(27)25-13-14-3-2-8-24-12-14/h1-5,8,11-12,15H,6-7,9-10,13H2,(H,25,27). The second-order valence-corrected chi connectivity index (χ2v) is 6.72. The number of amides is 2. The van der Waals surface area contributed by atoms with Gasteiger partial charge in [0.25, 0.3) is 5.91 Å². The predicted molar refractivity (Wildman–Crippen MR) is 96.2 cm³/mol. The van der Waals surface area contributed by atoms with E-state index in [9.17, 15) is 22.8 Å². The number of hydrogen-bond donors (Lipinski definition) is 1. The maximum Gasteiger partial charge on any atom is 0.416 e. The van der Waals surface area contributed by atoms with E-state index in [4.69, 9.17) is 0 Å². The lowest BCUT2D eigenvalue weighted by Gasteiger charge is -2.31. The summed E-state index contributed by atoms with van der Waals surface area (Å²) in [4.78, 5) is 30.3. The molecule has 148 valence electrons. The normalized spacial score (nSPS) is 15.3. The van der Waals surface area contributed by atoms with Gasteiger partial charge in [0, 0.05) is 43.5 Å². The summed E-state index contributed by atoms with van der Waals surface area (Å²) in [6.07, 6.45) is -0.206. The molecule has 2 heterocycles. The third kappa shape index (κ3) is 4.88. The van der Waals surface area contributed by atoms with E-state index in [0.717, 1.165) is 17.7 Å². The van der Waals surface area contributed by atoms with Crippen molar-refractivity contribution in [2.45, 2.75) is 25.6 Å². The number of hydrogen-bond acceptors (Lipinski definition) is 3. The lowest BCUT2D eigenvalue weighted by atomic mass is 9.95. The SMILES string of the molecule is O=C(NCc1cccnc1)C1CCN(C(=O)c2cccc(C(F)(F)F)c2)CC1. The quantitative estimate of drug-likeness (QED) is 0.870. The van der Waals surface area contributed by atoms with Crippen LogP contribution in [0.4, 0.5) is 13.2 Å². The Kier molecular flexibility index (Phi) is 5.96. The highest BCUT2D eigenvalue weighted by molar-refractivity contribution is 5.94. The summed E-state index contributed by atoms with van der Waals surface area (Å²) in [6.45, 7) is 1.05. The number of carbonyl (C=O) groups is 2. The third-order valence-corrected chi connectivity index (χ3v) is 4.78. The Morgan fingerprint density at radius 1 is 1.14 bits per heavy atom. The van der Waals surface area contributed by atoms with Gasteiger partial charge in [0.15, 0.2) is 0 Å². The second kappa shape index (κ2) is 8.41. The molecule has 0 atom stereocenters. The van der Waals surface area contributed by atoms with Crippen LogP contribution in [0.1, 0.15) is 34.3 Å². The van der Waals surface area contributed by atoms with Gasteiger partial charge < -0.3 is 10.2 Å². The van der Waals surface area contributed by atoms with E-state index >= 15 is 0 Å². The van der Waals surface area contributed by atoms with Gasteiger partial charge in [0.1, 0.15) is 0 Å². The fourth-order valence-electron chi connectivity index (χ4n) is 3.19. The van der Waals surface area contributed by atoms with Gasteiger partial charge >= 0.3 is 6.18 Å². The van der Waals surface area contributed by atoms with E-state index in [-0.39, 0.29) is 17.4 Å². The van der Waals surface area contributed by atoms with Crippen molar-refractivity contribution in [2.24, 2.45) is 5.92 Å². The second-order valence-electron chi connectivity index (χ2n) is 6.72. The molecule has 28 heavy (non-hydrogen) atoms. The van der Waals surface area contributed by atoms with Crippen LogP contribution < -0.4 is 5.32 Å². The van der Waals surface area contributed by atoms with Crippen molar-refractivity contribution in [1.29, 1.82) is 0 Å². The number of halogens is 3. The van der Waals surface area contributed by atoms with E-state index in [1.165, 1.54) is 17.0 Å². The first kappa shape index (κ1) is 19.9. The van der Waals surface area contributed by atoms with Gasteiger partial charge in [-0.1, -0.05) is 12.1 Å². The molecule has 0 spiro atoms. The van der Waals surface area contributed by atoms with E-state index in [2.05, 4.69) is 10.3 Å². The van der Waals surface area contributed by atoms with Crippen molar-refractivity contribution >= 4 is 11.8 Å². The average Bonchev–Trinajstić information content (AvgIpc) is 2.72. The molecule has 0 saturated carbocycles. The predicted octanol–water partition coefficient (Wildman–Crippen LogP) is 3.27. The molecule has 1 aromatic heterocycles. The highest BCUT2D eigenvalue weighted by Gasteiger charge is 2.32. The number of rotatable bonds is 4. The van der Waals surface area contributed by atoms with Gasteiger partial charge in [-0.15, -0.1) is 0 Å². The van der Waals surface area contributed by atoms with Crippen molar-refractivity contribution in [3.8, 4) is 0 Å². The Bertz CT molecular complexity index is 832. The van der Waals surface area contributed by atoms with Gasteiger partial charge in [-0.25, -0.2) is 0 Å². The van der Waals surface area contributed by atoms with Crippen LogP contribution in [-0.2, 0) is 17.5 Å². The van der Waals surface area contributed by atoms with Crippen LogP contribution in [0.15, 0.2) is 48.8 Å². The number of carbonyl (C=O) groups excluding carboxylic acids is 2. The molecule has 1 saturated heterocycles. The van der Waals surface area contributed by atoms with Crippen LogP contribution in [0.25, 0.3) is 0 Å². The Hall–Kier alpha value is -2.90. The highest BCUT2D eigenvalue weighted by atomic mass is 19.4. The van der Waals surface area contributed by atoms with Gasteiger partial charge in [-0.3, -0.25) is 14.6 Å². The molecular formula is C20H20F3N3O2. The van der Waals surface area contributed by atoms with Crippen LogP contribution in [0, 0.1) is 5.92 Å². The Balaban J connectivity index is 1.53. The molecule has 5 nitrogen and oxygen atoms in total. The van der Waals surface area contributed by atoms with Crippen molar-refractivity contribution in [3.63, 3.8) is 0 Å². The number of benzene rings is 1. The number of likely N-dealkylation sites (tertiary alicyclic amines) is 1. The number of aromatic nitrogens is 1. The summed E-state index contributed by atoms with van der Waals surface area (Å²) in [6, 6.07) is 8.08. The zero-order valence-electron chi connectivity index (χ0n) is 15.1. The topological polar surface area (TPSA) is 62.3 Å². The molecule has 0 unspecified atom stereocenters. The van der Waals surface area contributed by atoms with E-state index < -0.39 is 17.6 Å². The van der Waals surface area contributed by atoms with E-state index in [1.807, 2.05) is 6.07 Å². The summed E-state index contributed by atoms with van der Waals surface area (Å²) in [5, 5.41) is 2.86. The van der Waals surface area contributed by atoms with E-state index in [1.54, 1.807) is 18.5 Å². The van der Waals surface area contributed by atoms with Crippen molar-refractivity contribution < 1.29 is 22.8 Å². The third-order valence-electron chi connectivity index (χ3n) is 4.78. The molecule has 0 radical (unpaired) electrons. The molecule has 3 rings (SSSR count). The van der Waals surface area contributed by atoms with Crippen molar-refractivity contribution in [2.75, 3.05) is 13.1 Å². The van der Waals surface area contributed by atoms with Crippen LogP contribution >= 0.6 is 0 Å². The van der Waals surface area contributed by atoms with Crippen LogP contribution in [0.3, 0.4) is 0 Å². The molecule has 1 fully saturated rings. The molecule has 1 aromatic carbocycles. The summed E-state index contributed by atoms with van der Waals surface area (Å²) in [5.74, 6) is -0.752. The minimum absolute atomic E-state index is 0.00861. The maximum atomic E-state index is 12.8. The first-order valence-electron chi connectivity index (χ1n) is 8.98. The monoisotopic (exact) mass is 391 g/mol. The molecule has 1 aliphatic heterocycles. The molecular weight excluding hydrogens is 371 g/mol. The minimum atomic E-state index is -4.49. The van der Waals surface area contributed by atoms with Crippen LogP contribution in [0.2, 0.25) is 0 Å². The minimum Gasteiger partial charge on any atom is -0.352 e. The van der Waals surface area contributed by atoms with Crippen LogP contribution in [0.5, 0.6) is 0 Å². The Labute approximate surface area is 160 Å². The van der Waals surface area contributed by atoms with E-state index in [0.29, 0.717) is 32.5 Å². The summed E-state index contributed by atoms with van der Waals surface area (Å²) in [7, 11) is 0. The number of alkyl halides is 3. The van der Waals surface area contributed by atoms with Gasteiger partial charge in [0.05, 0.1) is 5.56 Å². The highest BCUT2D eigenvalue weighted by Crippen LogP contribution is 2.30. The molecule has 8 heteroatoms. The van der Waals surface area contributed by atoms with Crippen molar-refractivity contribution in [1.82, 2.24) is 15.2 Å². The van der Waals surface area contributed by atoms with Crippen molar-refractivity contribution in [3.05, 3.63) is 65.5 Å². The number of nitrogens with zero attached hydrogens (tertiary/aromatic N) is 2.